The largest absolute Gasteiger partial charge is 0.462 e. The first-order valence-electron chi connectivity index (χ1n) is 5.83. The maximum atomic E-state index is 11.8. The van der Waals surface area contributed by atoms with Crippen molar-refractivity contribution in [1.29, 1.82) is 0 Å². The van der Waals surface area contributed by atoms with Crippen molar-refractivity contribution in [3.63, 3.8) is 0 Å². The molecule has 3 heteroatoms. The fraction of sp³-hybridized carbons (Fsp3) is 0.500. The van der Waals surface area contributed by atoms with Crippen molar-refractivity contribution in [2.24, 2.45) is 5.41 Å². The van der Waals surface area contributed by atoms with Gasteiger partial charge in [-0.3, -0.25) is 0 Å². The molecule has 1 rings (SSSR count). The van der Waals surface area contributed by atoms with Crippen LogP contribution < -0.4 is 5.73 Å². The fourth-order valence-electron chi connectivity index (χ4n) is 1.39. The highest BCUT2D eigenvalue weighted by atomic mass is 16.5. The number of nitrogens with two attached hydrogens (primary N) is 1. The zero-order chi connectivity index (χ0) is 13.1. The molecule has 0 aliphatic heterocycles. The minimum atomic E-state index is -0.293. The zero-order valence-electron chi connectivity index (χ0n) is 11.0. The molecule has 0 saturated heterocycles. The number of benzene rings is 1. The van der Waals surface area contributed by atoms with E-state index in [-0.39, 0.29) is 11.4 Å². The number of ether oxygens (including phenoxy) is 1. The van der Waals surface area contributed by atoms with Crippen LogP contribution >= 0.6 is 0 Å². The molecule has 0 saturated carbocycles. The van der Waals surface area contributed by atoms with E-state index in [1.165, 1.54) is 0 Å². The van der Waals surface area contributed by atoms with E-state index in [0.717, 1.165) is 12.0 Å². The fourth-order valence-corrected chi connectivity index (χ4v) is 1.39. The number of esters is 1. The van der Waals surface area contributed by atoms with Crippen molar-refractivity contribution in [3.8, 4) is 0 Å². The average molecular weight is 235 g/mol. The van der Waals surface area contributed by atoms with Gasteiger partial charge in [0.1, 0.15) is 0 Å². The second kappa shape index (κ2) is 5.21. The summed E-state index contributed by atoms with van der Waals surface area (Å²) < 4.78 is 5.25. The van der Waals surface area contributed by atoms with Gasteiger partial charge < -0.3 is 10.5 Å². The molecule has 0 aromatic heterocycles. The van der Waals surface area contributed by atoms with Crippen LogP contribution in [0.2, 0.25) is 0 Å². The summed E-state index contributed by atoms with van der Waals surface area (Å²) in [5.74, 6) is -0.293. The Morgan fingerprint density at radius 2 is 2.00 bits per heavy atom. The van der Waals surface area contributed by atoms with Gasteiger partial charge in [-0.15, -0.1) is 0 Å². The van der Waals surface area contributed by atoms with E-state index in [1.54, 1.807) is 12.1 Å². The molecule has 0 radical (unpaired) electrons. The number of hydrogen-bond donors (Lipinski definition) is 1. The second-order valence-corrected chi connectivity index (χ2v) is 5.52. The highest BCUT2D eigenvalue weighted by molar-refractivity contribution is 5.92. The van der Waals surface area contributed by atoms with Crippen LogP contribution in [0.4, 0.5) is 5.69 Å². The highest BCUT2D eigenvalue weighted by Gasteiger charge is 2.14. The van der Waals surface area contributed by atoms with Crippen molar-refractivity contribution >= 4 is 11.7 Å². The van der Waals surface area contributed by atoms with E-state index >= 15 is 0 Å². The number of hydrogen-bond acceptors (Lipinski definition) is 3. The number of carbonyl (C=O) groups excluding carboxylic acids is 1. The van der Waals surface area contributed by atoms with Crippen LogP contribution in [0.5, 0.6) is 0 Å². The highest BCUT2D eigenvalue weighted by Crippen LogP contribution is 2.19. The SMILES string of the molecule is Cc1ccc(N)cc1C(=O)OCCC(C)(C)C. The van der Waals surface area contributed by atoms with Crippen molar-refractivity contribution < 1.29 is 9.53 Å². The summed E-state index contributed by atoms with van der Waals surface area (Å²) in [6.07, 6.45) is 0.847. The smallest absolute Gasteiger partial charge is 0.338 e. The van der Waals surface area contributed by atoms with E-state index in [2.05, 4.69) is 20.8 Å². The molecule has 94 valence electrons. The van der Waals surface area contributed by atoms with Crippen molar-refractivity contribution in [2.75, 3.05) is 12.3 Å². The third kappa shape index (κ3) is 4.47. The Bertz CT molecular complexity index is 405. The minimum Gasteiger partial charge on any atom is -0.462 e. The number of aryl methyl sites for hydroxylation is 1. The summed E-state index contributed by atoms with van der Waals surface area (Å²) in [4.78, 5) is 11.8. The lowest BCUT2D eigenvalue weighted by Gasteiger charge is -2.17. The molecule has 0 atom stereocenters. The Kier molecular flexibility index (Phi) is 4.16. The van der Waals surface area contributed by atoms with Gasteiger partial charge in [0.15, 0.2) is 0 Å². The molecule has 0 bridgehead atoms. The van der Waals surface area contributed by atoms with Gasteiger partial charge in [-0.2, -0.15) is 0 Å². The molecule has 0 aliphatic carbocycles. The van der Waals surface area contributed by atoms with Crippen LogP contribution in [0.25, 0.3) is 0 Å². The van der Waals surface area contributed by atoms with Gasteiger partial charge in [-0.25, -0.2) is 4.79 Å². The van der Waals surface area contributed by atoms with Gasteiger partial charge in [-0.1, -0.05) is 26.8 Å². The molecule has 1 aromatic carbocycles. The van der Waals surface area contributed by atoms with Crippen LogP contribution in [-0.2, 0) is 4.74 Å². The zero-order valence-corrected chi connectivity index (χ0v) is 11.0. The number of anilines is 1. The van der Waals surface area contributed by atoms with E-state index in [1.807, 2.05) is 13.0 Å². The van der Waals surface area contributed by atoms with Gasteiger partial charge >= 0.3 is 5.97 Å². The molecule has 2 N–H and O–H groups in total. The Balaban J connectivity index is 2.61. The van der Waals surface area contributed by atoms with E-state index < -0.39 is 0 Å². The van der Waals surface area contributed by atoms with Gasteiger partial charge in [0.2, 0.25) is 0 Å². The molecular weight excluding hydrogens is 214 g/mol. The van der Waals surface area contributed by atoms with E-state index in [0.29, 0.717) is 17.9 Å². The molecule has 0 heterocycles. The van der Waals surface area contributed by atoms with Gasteiger partial charge in [-0.05, 0) is 36.5 Å². The molecule has 0 fully saturated rings. The Hall–Kier alpha value is -1.51. The quantitative estimate of drug-likeness (QED) is 0.646. The van der Waals surface area contributed by atoms with Crippen LogP contribution in [0.1, 0.15) is 43.1 Å². The van der Waals surface area contributed by atoms with Crippen molar-refractivity contribution in [2.45, 2.75) is 34.1 Å². The van der Waals surface area contributed by atoms with Crippen molar-refractivity contribution in [3.05, 3.63) is 29.3 Å². The lowest BCUT2D eigenvalue weighted by Crippen LogP contribution is -2.14. The first-order valence-corrected chi connectivity index (χ1v) is 5.83. The molecule has 0 amide bonds. The molecule has 0 aliphatic rings. The Morgan fingerprint density at radius 1 is 1.35 bits per heavy atom. The third-order valence-electron chi connectivity index (χ3n) is 2.57. The predicted octanol–water partition coefficient (Wildman–Crippen LogP) is 3.17. The molecular formula is C14H21NO2. The normalized spacial score (nSPS) is 11.3. The molecule has 17 heavy (non-hydrogen) atoms. The predicted molar refractivity (Wildman–Crippen MR) is 69.9 cm³/mol. The molecule has 0 unspecified atom stereocenters. The standard InChI is InChI=1S/C14H21NO2/c1-10-5-6-11(15)9-12(10)13(16)17-8-7-14(2,3)4/h5-6,9H,7-8,15H2,1-4H3. The first kappa shape index (κ1) is 13.6. The van der Waals surface area contributed by atoms with E-state index in [4.69, 9.17) is 10.5 Å². The van der Waals surface area contributed by atoms with Gasteiger partial charge in [0.05, 0.1) is 12.2 Å². The maximum Gasteiger partial charge on any atom is 0.338 e. The lowest BCUT2D eigenvalue weighted by atomic mass is 9.93. The maximum absolute atomic E-state index is 11.8. The Labute approximate surface area is 103 Å². The van der Waals surface area contributed by atoms with Gasteiger partial charge in [0, 0.05) is 5.69 Å². The van der Waals surface area contributed by atoms with Crippen LogP contribution in [0, 0.1) is 12.3 Å². The lowest BCUT2D eigenvalue weighted by molar-refractivity contribution is 0.0464. The van der Waals surface area contributed by atoms with Crippen LogP contribution in [-0.4, -0.2) is 12.6 Å². The molecule has 1 aromatic rings. The summed E-state index contributed by atoms with van der Waals surface area (Å²) in [5, 5.41) is 0. The molecule has 0 spiro atoms. The van der Waals surface area contributed by atoms with E-state index in [9.17, 15) is 4.79 Å². The summed E-state index contributed by atoms with van der Waals surface area (Å²) in [6.45, 7) is 8.67. The topological polar surface area (TPSA) is 52.3 Å². The first-order chi connectivity index (χ1) is 7.79. The summed E-state index contributed by atoms with van der Waals surface area (Å²) in [6, 6.07) is 5.27. The summed E-state index contributed by atoms with van der Waals surface area (Å²) >= 11 is 0. The van der Waals surface area contributed by atoms with Gasteiger partial charge in [0.25, 0.3) is 0 Å². The average Bonchev–Trinajstić information content (AvgIpc) is 2.19. The second-order valence-electron chi connectivity index (χ2n) is 5.52. The summed E-state index contributed by atoms with van der Waals surface area (Å²) in [5.41, 5.74) is 7.85. The monoisotopic (exact) mass is 235 g/mol. The Morgan fingerprint density at radius 3 is 2.59 bits per heavy atom. The third-order valence-corrected chi connectivity index (χ3v) is 2.57. The number of carbonyl (C=O) groups is 1. The van der Waals surface area contributed by atoms with Crippen LogP contribution in [0.15, 0.2) is 18.2 Å². The summed E-state index contributed by atoms with van der Waals surface area (Å²) in [7, 11) is 0. The van der Waals surface area contributed by atoms with Crippen molar-refractivity contribution in [1.82, 2.24) is 0 Å². The van der Waals surface area contributed by atoms with Crippen LogP contribution in [0.3, 0.4) is 0 Å². The minimum absolute atomic E-state index is 0.172. The molecule has 3 nitrogen and oxygen atoms in total. The number of rotatable bonds is 3. The number of nitrogen functional groups attached to an aromatic ring is 1.